The molecule has 20 heavy (non-hydrogen) atoms. The lowest BCUT2D eigenvalue weighted by molar-refractivity contribution is -0.141. The summed E-state index contributed by atoms with van der Waals surface area (Å²) >= 11 is 0. The molecule has 0 saturated heterocycles. The second kappa shape index (κ2) is 5.32. The van der Waals surface area contributed by atoms with E-state index in [1.54, 1.807) is 7.05 Å². The highest BCUT2D eigenvalue weighted by Crippen LogP contribution is 2.27. The first-order valence-electron chi connectivity index (χ1n) is 5.65. The number of aromatic nitrogens is 3. The number of nitrogens with zero attached hydrogens (tertiary/aromatic N) is 3. The van der Waals surface area contributed by atoms with E-state index in [0.717, 1.165) is 6.07 Å². The molecule has 0 unspecified atom stereocenters. The van der Waals surface area contributed by atoms with E-state index in [0.29, 0.717) is 5.69 Å². The summed E-state index contributed by atoms with van der Waals surface area (Å²) in [6.07, 6.45) is -1.67. The van der Waals surface area contributed by atoms with Crippen LogP contribution in [-0.4, -0.2) is 20.4 Å². The van der Waals surface area contributed by atoms with Crippen LogP contribution in [0.5, 0.6) is 0 Å². The third-order valence-electron chi connectivity index (χ3n) is 2.58. The van der Waals surface area contributed by atoms with E-state index in [2.05, 4.69) is 15.3 Å². The number of nitrogens with one attached hydrogen (secondary N) is 1. The number of aryl methyl sites for hydroxylation is 1. The average Bonchev–Trinajstić information content (AvgIpc) is 2.82. The van der Waals surface area contributed by atoms with Crippen LogP contribution < -0.4 is 5.32 Å². The highest BCUT2D eigenvalue weighted by Gasteiger charge is 2.32. The molecule has 0 radical (unpaired) electrons. The van der Waals surface area contributed by atoms with Gasteiger partial charge in [0.05, 0.1) is 24.8 Å². The van der Waals surface area contributed by atoms with E-state index in [9.17, 15) is 18.0 Å². The van der Waals surface area contributed by atoms with Crippen molar-refractivity contribution in [1.82, 2.24) is 19.9 Å². The molecule has 0 saturated carbocycles. The third-order valence-corrected chi connectivity index (χ3v) is 2.58. The lowest BCUT2D eigenvalue weighted by Gasteiger charge is -2.08. The van der Waals surface area contributed by atoms with Crippen LogP contribution in [0.3, 0.4) is 0 Å². The Kier molecular flexibility index (Phi) is 3.73. The van der Waals surface area contributed by atoms with Gasteiger partial charge in [-0.3, -0.25) is 4.79 Å². The van der Waals surface area contributed by atoms with Gasteiger partial charge in [-0.1, -0.05) is 6.07 Å². The number of carbonyl (C=O) groups is 1. The number of hydrogen-bond donors (Lipinski definition) is 1. The predicted octanol–water partition coefficient (Wildman–Crippen LogP) is 1.76. The van der Waals surface area contributed by atoms with Crippen LogP contribution in [0.4, 0.5) is 13.2 Å². The van der Waals surface area contributed by atoms with Crippen LogP contribution in [0.1, 0.15) is 21.9 Å². The van der Waals surface area contributed by atoms with Gasteiger partial charge in [-0.15, -0.1) is 0 Å². The van der Waals surface area contributed by atoms with Crippen molar-refractivity contribution < 1.29 is 18.0 Å². The first-order valence-corrected chi connectivity index (χ1v) is 5.65. The zero-order chi connectivity index (χ0) is 14.8. The summed E-state index contributed by atoms with van der Waals surface area (Å²) in [5.41, 5.74) is -0.530. The molecule has 0 bridgehead atoms. The summed E-state index contributed by atoms with van der Waals surface area (Å²) in [7, 11) is 1.64. The Morgan fingerprint density at radius 3 is 2.75 bits per heavy atom. The van der Waals surface area contributed by atoms with Gasteiger partial charge >= 0.3 is 6.18 Å². The van der Waals surface area contributed by atoms with Crippen LogP contribution in [0.15, 0.2) is 30.7 Å². The van der Waals surface area contributed by atoms with Gasteiger partial charge in [0, 0.05) is 7.05 Å². The number of amides is 1. The molecule has 2 heterocycles. The maximum atomic E-state index is 12.5. The van der Waals surface area contributed by atoms with Crippen molar-refractivity contribution in [1.29, 1.82) is 0 Å². The van der Waals surface area contributed by atoms with Gasteiger partial charge in [-0.05, 0) is 12.1 Å². The molecule has 0 atom stereocenters. The number of carbonyl (C=O) groups excluding carboxylic acids is 1. The minimum atomic E-state index is -4.50. The number of rotatable bonds is 3. The molecule has 0 aliphatic rings. The summed E-state index contributed by atoms with van der Waals surface area (Å²) < 4.78 is 39.0. The normalized spacial score (nSPS) is 11.4. The summed E-state index contributed by atoms with van der Waals surface area (Å²) in [6, 6.07) is 3.55. The standard InChI is InChI=1S/C12H11F3N4O/c1-19-7-16-6-9(19)11(20)17-5-8-3-2-4-10(18-8)12(13,14)15/h2-4,6-7H,5H2,1H3,(H,17,20). The van der Waals surface area contributed by atoms with E-state index in [1.807, 2.05) is 0 Å². The van der Waals surface area contributed by atoms with E-state index in [-0.39, 0.29) is 12.2 Å². The van der Waals surface area contributed by atoms with Crippen LogP contribution >= 0.6 is 0 Å². The van der Waals surface area contributed by atoms with Gasteiger partial charge in [0.15, 0.2) is 0 Å². The van der Waals surface area contributed by atoms with Crippen LogP contribution in [-0.2, 0) is 19.8 Å². The maximum absolute atomic E-state index is 12.5. The van der Waals surface area contributed by atoms with Crippen molar-refractivity contribution in [3.63, 3.8) is 0 Å². The fraction of sp³-hybridized carbons (Fsp3) is 0.250. The molecular weight excluding hydrogens is 273 g/mol. The summed E-state index contributed by atoms with van der Waals surface area (Å²) in [4.78, 5) is 19.0. The van der Waals surface area contributed by atoms with Crippen molar-refractivity contribution in [3.8, 4) is 0 Å². The Labute approximate surface area is 112 Å². The molecule has 2 aromatic rings. The van der Waals surface area contributed by atoms with Gasteiger partial charge in [0.1, 0.15) is 11.4 Å². The molecule has 0 fully saturated rings. The average molecular weight is 284 g/mol. The first kappa shape index (κ1) is 14.0. The van der Waals surface area contributed by atoms with E-state index in [1.165, 1.54) is 29.2 Å². The van der Waals surface area contributed by atoms with Crippen LogP contribution in [0, 0.1) is 0 Å². The molecular formula is C12H11F3N4O. The Morgan fingerprint density at radius 2 is 2.15 bits per heavy atom. The Balaban J connectivity index is 2.05. The van der Waals surface area contributed by atoms with Gasteiger partial charge < -0.3 is 9.88 Å². The van der Waals surface area contributed by atoms with Crippen molar-refractivity contribution in [3.05, 3.63) is 47.8 Å². The molecule has 0 aliphatic carbocycles. The van der Waals surface area contributed by atoms with Gasteiger partial charge in [-0.25, -0.2) is 9.97 Å². The fourth-order valence-electron chi connectivity index (χ4n) is 1.57. The summed E-state index contributed by atoms with van der Waals surface area (Å²) in [5, 5.41) is 2.49. The second-order valence-corrected chi connectivity index (χ2v) is 4.08. The zero-order valence-electron chi connectivity index (χ0n) is 10.5. The minimum Gasteiger partial charge on any atom is -0.345 e. The molecule has 106 valence electrons. The third kappa shape index (κ3) is 3.14. The van der Waals surface area contributed by atoms with E-state index in [4.69, 9.17) is 0 Å². The number of halogens is 3. The largest absolute Gasteiger partial charge is 0.433 e. The number of imidazole rings is 1. The van der Waals surface area contributed by atoms with Crippen molar-refractivity contribution in [2.75, 3.05) is 0 Å². The fourth-order valence-corrected chi connectivity index (χ4v) is 1.57. The minimum absolute atomic E-state index is 0.0894. The summed E-state index contributed by atoms with van der Waals surface area (Å²) in [6.45, 7) is -0.0894. The highest BCUT2D eigenvalue weighted by atomic mass is 19.4. The van der Waals surface area contributed by atoms with Gasteiger partial charge in [0.2, 0.25) is 0 Å². The molecule has 0 aliphatic heterocycles. The van der Waals surface area contributed by atoms with Crippen molar-refractivity contribution >= 4 is 5.91 Å². The maximum Gasteiger partial charge on any atom is 0.433 e. The smallest absolute Gasteiger partial charge is 0.345 e. The molecule has 0 aromatic carbocycles. The highest BCUT2D eigenvalue weighted by molar-refractivity contribution is 5.92. The number of alkyl halides is 3. The van der Waals surface area contributed by atoms with Gasteiger partial charge in [-0.2, -0.15) is 13.2 Å². The monoisotopic (exact) mass is 284 g/mol. The topological polar surface area (TPSA) is 59.8 Å². The quantitative estimate of drug-likeness (QED) is 0.934. The van der Waals surface area contributed by atoms with E-state index >= 15 is 0 Å². The predicted molar refractivity (Wildman–Crippen MR) is 63.6 cm³/mol. The molecule has 0 spiro atoms. The van der Waals surface area contributed by atoms with Crippen LogP contribution in [0.25, 0.3) is 0 Å². The number of hydrogen-bond acceptors (Lipinski definition) is 3. The molecule has 2 rings (SSSR count). The van der Waals surface area contributed by atoms with E-state index < -0.39 is 17.8 Å². The molecule has 1 amide bonds. The van der Waals surface area contributed by atoms with Gasteiger partial charge in [0.25, 0.3) is 5.91 Å². The number of pyridine rings is 1. The Hall–Kier alpha value is -2.38. The first-order chi connectivity index (χ1) is 9.38. The second-order valence-electron chi connectivity index (χ2n) is 4.08. The summed E-state index contributed by atoms with van der Waals surface area (Å²) in [5.74, 6) is -0.427. The molecule has 8 heteroatoms. The molecule has 2 aromatic heterocycles. The van der Waals surface area contributed by atoms with Crippen molar-refractivity contribution in [2.45, 2.75) is 12.7 Å². The molecule has 1 N–H and O–H groups in total. The van der Waals surface area contributed by atoms with Crippen LogP contribution in [0.2, 0.25) is 0 Å². The SMILES string of the molecule is Cn1cncc1C(=O)NCc1cccc(C(F)(F)F)n1. The molecule has 5 nitrogen and oxygen atoms in total. The lowest BCUT2D eigenvalue weighted by atomic mass is 10.3. The zero-order valence-corrected chi connectivity index (χ0v) is 10.5. The Bertz CT molecular complexity index is 621. The van der Waals surface area contributed by atoms with Crippen molar-refractivity contribution in [2.24, 2.45) is 7.05 Å². The lowest BCUT2D eigenvalue weighted by Crippen LogP contribution is -2.25. The Morgan fingerprint density at radius 1 is 1.40 bits per heavy atom.